The highest BCUT2D eigenvalue weighted by Crippen LogP contribution is 2.31. The summed E-state index contributed by atoms with van der Waals surface area (Å²) >= 11 is 0. The van der Waals surface area contributed by atoms with E-state index in [0.29, 0.717) is 24.5 Å². The summed E-state index contributed by atoms with van der Waals surface area (Å²) in [5, 5.41) is 6.03. The van der Waals surface area contributed by atoms with Gasteiger partial charge in [0.05, 0.1) is 13.2 Å². The number of hydrogen-bond acceptors (Lipinski definition) is 5. The average Bonchev–Trinajstić information content (AvgIpc) is 2.69. The Kier molecular flexibility index (Phi) is 7.91. The highest BCUT2D eigenvalue weighted by atomic mass is 35.5. The Balaban J connectivity index is 0.00000261. The van der Waals surface area contributed by atoms with Crippen molar-refractivity contribution in [2.24, 2.45) is 0 Å². The minimum absolute atomic E-state index is 0. The van der Waals surface area contributed by atoms with Crippen LogP contribution in [0.2, 0.25) is 0 Å². The molecule has 9 heteroatoms. The maximum atomic E-state index is 13.0. The van der Waals surface area contributed by atoms with Crippen LogP contribution in [0, 0.1) is 0 Å². The van der Waals surface area contributed by atoms with E-state index in [0.717, 1.165) is 45.1 Å². The third-order valence-electron chi connectivity index (χ3n) is 4.99. The van der Waals surface area contributed by atoms with Crippen molar-refractivity contribution >= 4 is 34.0 Å². The molecule has 0 radical (unpaired) electrons. The first-order chi connectivity index (χ1) is 12.5. The van der Waals surface area contributed by atoms with Gasteiger partial charge in [0.15, 0.2) is 0 Å². The largest absolute Gasteiger partial charge is 0.495 e. The van der Waals surface area contributed by atoms with Crippen LogP contribution in [-0.4, -0.2) is 51.4 Å². The van der Waals surface area contributed by atoms with E-state index in [4.69, 9.17) is 4.74 Å². The van der Waals surface area contributed by atoms with E-state index in [1.807, 2.05) is 0 Å². The summed E-state index contributed by atoms with van der Waals surface area (Å²) in [4.78, 5) is 12.5. The third kappa shape index (κ3) is 5.13. The van der Waals surface area contributed by atoms with E-state index in [1.165, 1.54) is 17.5 Å². The molecule has 2 aliphatic rings. The molecule has 0 saturated carbocycles. The summed E-state index contributed by atoms with van der Waals surface area (Å²) in [6.07, 6.45) is 5.66. The topological polar surface area (TPSA) is 87.7 Å². The Bertz CT molecular complexity index is 745. The van der Waals surface area contributed by atoms with Gasteiger partial charge in [0, 0.05) is 18.8 Å². The molecular weight excluding hydrogens is 390 g/mol. The second-order valence-corrected chi connectivity index (χ2v) is 8.73. The lowest BCUT2D eigenvalue weighted by Crippen LogP contribution is -2.43. The number of piperidine rings is 2. The number of ether oxygens (including phenoxy) is 1. The van der Waals surface area contributed by atoms with Gasteiger partial charge in [-0.1, -0.05) is 12.8 Å². The molecule has 2 fully saturated rings. The minimum atomic E-state index is -3.65. The monoisotopic (exact) mass is 417 g/mol. The first kappa shape index (κ1) is 21.9. The molecule has 2 saturated heterocycles. The van der Waals surface area contributed by atoms with Crippen LogP contribution in [0.15, 0.2) is 23.1 Å². The molecule has 1 atom stereocenters. The van der Waals surface area contributed by atoms with Crippen LogP contribution in [0.4, 0.5) is 5.69 Å². The van der Waals surface area contributed by atoms with Crippen molar-refractivity contribution < 1.29 is 17.9 Å². The number of sulfonamides is 1. The van der Waals surface area contributed by atoms with Crippen molar-refractivity contribution in [1.82, 2.24) is 9.62 Å². The fraction of sp³-hybridized carbons (Fsp3) is 0.611. The van der Waals surface area contributed by atoms with Crippen LogP contribution in [0.1, 0.15) is 38.5 Å². The van der Waals surface area contributed by atoms with Crippen LogP contribution in [0.5, 0.6) is 5.75 Å². The molecule has 1 amide bonds. The molecule has 0 bridgehead atoms. The molecule has 27 heavy (non-hydrogen) atoms. The summed E-state index contributed by atoms with van der Waals surface area (Å²) in [5.74, 6) is 0.167. The standard InChI is InChI=1S/C18H27N3O4S.ClH/c1-25-16-9-8-14(20-18(22)15-7-3-4-10-19-15)13-17(16)26(23,24)21-11-5-2-6-12-21;/h8-9,13,15,19H,2-7,10-12H2,1H3,(H,20,22);1H. The van der Waals surface area contributed by atoms with Gasteiger partial charge in [-0.3, -0.25) is 4.79 Å². The van der Waals surface area contributed by atoms with Gasteiger partial charge >= 0.3 is 0 Å². The first-order valence-corrected chi connectivity index (χ1v) is 10.7. The zero-order chi connectivity index (χ0) is 18.6. The molecule has 152 valence electrons. The summed E-state index contributed by atoms with van der Waals surface area (Å²) in [6.45, 7) is 1.87. The minimum Gasteiger partial charge on any atom is -0.495 e. The van der Waals surface area contributed by atoms with E-state index >= 15 is 0 Å². The van der Waals surface area contributed by atoms with Crippen LogP contribution in [0.3, 0.4) is 0 Å². The molecule has 7 nitrogen and oxygen atoms in total. The van der Waals surface area contributed by atoms with Crippen molar-refractivity contribution in [3.05, 3.63) is 18.2 Å². The molecule has 1 aromatic rings. The molecule has 1 aromatic carbocycles. The van der Waals surface area contributed by atoms with Gasteiger partial charge in [0.25, 0.3) is 0 Å². The fourth-order valence-electron chi connectivity index (χ4n) is 3.51. The Labute approximate surface area is 167 Å². The van der Waals surface area contributed by atoms with E-state index < -0.39 is 10.0 Å². The van der Waals surface area contributed by atoms with Crippen LogP contribution in [-0.2, 0) is 14.8 Å². The van der Waals surface area contributed by atoms with Gasteiger partial charge in [0.1, 0.15) is 10.6 Å². The quantitative estimate of drug-likeness (QED) is 0.767. The molecular formula is C18H28ClN3O4S. The molecule has 1 unspecified atom stereocenters. The second-order valence-electron chi connectivity index (χ2n) is 6.82. The Hall–Kier alpha value is -1.35. The molecule has 0 aliphatic carbocycles. The molecule has 2 N–H and O–H groups in total. The number of nitrogens with zero attached hydrogens (tertiary/aromatic N) is 1. The SMILES string of the molecule is COc1ccc(NC(=O)C2CCCCN2)cc1S(=O)(=O)N1CCCCC1.Cl. The molecule has 2 aliphatic heterocycles. The Morgan fingerprint density at radius 3 is 2.56 bits per heavy atom. The predicted molar refractivity (Wildman–Crippen MR) is 107 cm³/mol. The zero-order valence-corrected chi connectivity index (χ0v) is 17.2. The van der Waals surface area contributed by atoms with E-state index in [2.05, 4.69) is 10.6 Å². The summed E-state index contributed by atoms with van der Waals surface area (Å²) in [7, 11) is -2.19. The number of carbonyl (C=O) groups excluding carboxylic acids is 1. The van der Waals surface area contributed by atoms with Crippen molar-refractivity contribution in [3.63, 3.8) is 0 Å². The van der Waals surface area contributed by atoms with E-state index in [-0.39, 0.29) is 29.3 Å². The summed E-state index contributed by atoms with van der Waals surface area (Å²) < 4.78 is 32.8. The van der Waals surface area contributed by atoms with Crippen molar-refractivity contribution in [1.29, 1.82) is 0 Å². The number of anilines is 1. The van der Waals surface area contributed by atoms with Crippen LogP contribution < -0.4 is 15.4 Å². The van der Waals surface area contributed by atoms with Crippen LogP contribution >= 0.6 is 12.4 Å². The van der Waals surface area contributed by atoms with Gasteiger partial charge in [-0.15, -0.1) is 12.4 Å². The summed E-state index contributed by atoms with van der Waals surface area (Å²) in [6, 6.07) is 4.55. The van der Waals surface area contributed by atoms with Gasteiger partial charge in [-0.2, -0.15) is 4.31 Å². The predicted octanol–water partition coefficient (Wildman–Crippen LogP) is 2.37. The highest BCUT2D eigenvalue weighted by Gasteiger charge is 2.29. The lowest BCUT2D eigenvalue weighted by atomic mass is 10.0. The number of nitrogens with one attached hydrogen (secondary N) is 2. The van der Waals surface area contributed by atoms with Crippen LogP contribution in [0.25, 0.3) is 0 Å². The molecule has 0 aromatic heterocycles. The zero-order valence-electron chi connectivity index (χ0n) is 15.6. The normalized spacial score (nSPS) is 21.1. The number of rotatable bonds is 5. The van der Waals surface area contributed by atoms with Crippen molar-refractivity contribution in [2.75, 3.05) is 32.1 Å². The number of carbonyl (C=O) groups is 1. The average molecular weight is 418 g/mol. The highest BCUT2D eigenvalue weighted by molar-refractivity contribution is 7.89. The maximum Gasteiger partial charge on any atom is 0.246 e. The molecule has 3 rings (SSSR count). The first-order valence-electron chi connectivity index (χ1n) is 9.25. The lowest BCUT2D eigenvalue weighted by Gasteiger charge is -2.27. The lowest BCUT2D eigenvalue weighted by molar-refractivity contribution is -0.118. The van der Waals surface area contributed by atoms with Crippen molar-refractivity contribution in [3.8, 4) is 5.75 Å². The van der Waals surface area contributed by atoms with Gasteiger partial charge < -0.3 is 15.4 Å². The van der Waals surface area contributed by atoms with Gasteiger partial charge in [-0.05, 0) is 50.4 Å². The number of halogens is 1. The second kappa shape index (κ2) is 9.73. The Morgan fingerprint density at radius 1 is 1.19 bits per heavy atom. The van der Waals surface area contributed by atoms with Gasteiger partial charge in [0.2, 0.25) is 15.9 Å². The van der Waals surface area contributed by atoms with Gasteiger partial charge in [-0.25, -0.2) is 8.42 Å². The number of methoxy groups -OCH3 is 1. The number of benzene rings is 1. The number of amides is 1. The number of hydrogen-bond donors (Lipinski definition) is 2. The van der Waals surface area contributed by atoms with Crippen molar-refractivity contribution in [2.45, 2.75) is 49.5 Å². The summed E-state index contributed by atoms with van der Waals surface area (Å²) in [5.41, 5.74) is 0.471. The maximum absolute atomic E-state index is 13.0. The smallest absolute Gasteiger partial charge is 0.246 e. The van der Waals surface area contributed by atoms with E-state index in [9.17, 15) is 13.2 Å². The Morgan fingerprint density at radius 2 is 1.93 bits per heavy atom. The third-order valence-corrected chi connectivity index (χ3v) is 6.91. The molecule has 0 spiro atoms. The van der Waals surface area contributed by atoms with E-state index in [1.54, 1.807) is 12.1 Å². The fourth-order valence-corrected chi connectivity index (χ4v) is 5.20. The molecule has 2 heterocycles.